The molecule has 1 aromatic rings. The molecule has 0 radical (unpaired) electrons. The zero-order valence-electron chi connectivity index (χ0n) is 12.0. The third kappa shape index (κ3) is 3.72. The minimum absolute atomic E-state index is 0.00953. The molecule has 2 rings (SSSR count). The Labute approximate surface area is 127 Å². The van der Waals surface area contributed by atoms with E-state index in [-0.39, 0.29) is 20.9 Å². The van der Waals surface area contributed by atoms with Gasteiger partial charge in [0.15, 0.2) is 5.00 Å². The van der Waals surface area contributed by atoms with Crippen LogP contribution in [0.1, 0.15) is 33.1 Å². The van der Waals surface area contributed by atoms with E-state index >= 15 is 0 Å². The van der Waals surface area contributed by atoms with Crippen molar-refractivity contribution in [2.75, 3.05) is 11.9 Å². The molecule has 21 heavy (non-hydrogen) atoms. The lowest BCUT2D eigenvalue weighted by Gasteiger charge is -2.11. The van der Waals surface area contributed by atoms with Crippen LogP contribution in [0.25, 0.3) is 0 Å². The molecule has 0 bridgehead atoms. The molecule has 0 amide bonds. The summed E-state index contributed by atoms with van der Waals surface area (Å²) in [6.45, 7) is 4.39. The van der Waals surface area contributed by atoms with Crippen molar-refractivity contribution in [3.8, 4) is 0 Å². The van der Waals surface area contributed by atoms with Crippen LogP contribution in [0.2, 0.25) is 0 Å². The summed E-state index contributed by atoms with van der Waals surface area (Å²) in [5.41, 5.74) is -0.193. The summed E-state index contributed by atoms with van der Waals surface area (Å²) in [4.78, 5) is 10.4. The average molecular weight is 333 g/mol. The van der Waals surface area contributed by atoms with Crippen molar-refractivity contribution in [3.05, 3.63) is 16.2 Å². The molecule has 2 N–H and O–H groups in total. The van der Waals surface area contributed by atoms with Gasteiger partial charge in [0.25, 0.3) is 10.0 Å². The molecule has 1 aliphatic rings. The number of sulfonamides is 1. The van der Waals surface area contributed by atoms with Crippen LogP contribution in [0, 0.1) is 16.0 Å². The lowest BCUT2D eigenvalue weighted by molar-refractivity contribution is -0.383. The van der Waals surface area contributed by atoms with Crippen LogP contribution < -0.4 is 10.0 Å². The van der Waals surface area contributed by atoms with E-state index in [1.165, 1.54) is 0 Å². The second kappa shape index (κ2) is 6.29. The zero-order valence-corrected chi connectivity index (χ0v) is 13.6. The van der Waals surface area contributed by atoms with Gasteiger partial charge in [0.1, 0.15) is 4.21 Å². The summed E-state index contributed by atoms with van der Waals surface area (Å²) in [5.74, 6) is 0.507. The van der Waals surface area contributed by atoms with Gasteiger partial charge < -0.3 is 5.32 Å². The molecule has 0 saturated heterocycles. The third-order valence-electron chi connectivity index (χ3n) is 3.51. The first-order valence-electron chi connectivity index (χ1n) is 6.88. The summed E-state index contributed by atoms with van der Waals surface area (Å²) >= 11 is 0.900. The predicted octanol–water partition coefficient (Wildman–Crippen LogP) is 2.56. The van der Waals surface area contributed by atoms with Gasteiger partial charge in [-0.2, -0.15) is 0 Å². The lowest BCUT2D eigenvalue weighted by atomic mass is 10.1. The van der Waals surface area contributed by atoms with Gasteiger partial charge >= 0.3 is 5.69 Å². The molecule has 0 aromatic carbocycles. The van der Waals surface area contributed by atoms with Gasteiger partial charge in [0.05, 0.1) is 4.92 Å². The monoisotopic (exact) mass is 333 g/mol. The van der Waals surface area contributed by atoms with E-state index in [2.05, 4.69) is 17.0 Å². The number of hydrogen-bond acceptors (Lipinski definition) is 6. The van der Waals surface area contributed by atoms with E-state index in [9.17, 15) is 18.5 Å². The number of hydrogen-bond donors (Lipinski definition) is 2. The van der Waals surface area contributed by atoms with Gasteiger partial charge in [0, 0.05) is 18.7 Å². The normalized spacial score (nSPS) is 22.4. The van der Waals surface area contributed by atoms with E-state index in [0.717, 1.165) is 36.7 Å². The van der Waals surface area contributed by atoms with Gasteiger partial charge in [-0.15, -0.1) is 0 Å². The first-order valence-corrected chi connectivity index (χ1v) is 9.18. The molecule has 7 nitrogen and oxygen atoms in total. The number of anilines is 1. The van der Waals surface area contributed by atoms with E-state index in [1.54, 1.807) is 6.92 Å². The SMILES string of the molecule is CCNc1sc(S(=O)(=O)NC2CCC(C)C2)cc1[N+](=O)[O-]. The Morgan fingerprint density at radius 3 is 2.71 bits per heavy atom. The van der Waals surface area contributed by atoms with Crippen molar-refractivity contribution in [3.63, 3.8) is 0 Å². The van der Waals surface area contributed by atoms with Crippen molar-refractivity contribution in [1.82, 2.24) is 4.72 Å². The summed E-state index contributed by atoms with van der Waals surface area (Å²) in [5, 5.41) is 14.1. The molecule has 1 heterocycles. The number of nitrogens with one attached hydrogen (secondary N) is 2. The van der Waals surface area contributed by atoms with Crippen LogP contribution in [-0.4, -0.2) is 25.9 Å². The molecule has 0 aliphatic heterocycles. The maximum atomic E-state index is 12.3. The van der Waals surface area contributed by atoms with Gasteiger partial charge in [-0.05, 0) is 32.1 Å². The van der Waals surface area contributed by atoms with Crippen LogP contribution in [0.3, 0.4) is 0 Å². The smallest absolute Gasteiger partial charge is 0.304 e. The van der Waals surface area contributed by atoms with Crippen molar-refractivity contribution < 1.29 is 13.3 Å². The molecule has 0 spiro atoms. The van der Waals surface area contributed by atoms with Gasteiger partial charge in [-0.3, -0.25) is 10.1 Å². The van der Waals surface area contributed by atoms with Crippen LogP contribution in [-0.2, 0) is 10.0 Å². The second-order valence-corrected chi connectivity index (χ2v) is 8.30. The first-order chi connectivity index (χ1) is 9.83. The van der Waals surface area contributed by atoms with Crippen molar-refractivity contribution in [2.24, 2.45) is 5.92 Å². The summed E-state index contributed by atoms with van der Waals surface area (Å²) < 4.78 is 27.3. The minimum Gasteiger partial charge on any atom is -0.372 e. The molecule has 2 atom stereocenters. The quantitative estimate of drug-likeness (QED) is 0.615. The number of thiophene rings is 1. The Hall–Kier alpha value is -1.19. The highest BCUT2D eigenvalue weighted by atomic mass is 32.2. The van der Waals surface area contributed by atoms with Gasteiger partial charge in [-0.25, -0.2) is 13.1 Å². The van der Waals surface area contributed by atoms with Crippen LogP contribution in [0.4, 0.5) is 10.7 Å². The topological polar surface area (TPSA) is 101 Å². The van der Waals surface area contributed by atoms with Crippen LogP contribution in [0.5, 0.6) is 0 Å². The zero-order chi connectivity index (χ0) is 15.6. The largest absolute Gasteiger partial charge is 0.372 e. The van der Waals surface area contributed by atoms with E-state index in [0.29, 0.717) is 12.5 Å². The van der Waals surface area contributed by atoms with Gasteiger partial charge in [0.2, 0.25) is 0 Å². The molecular weight excluding hydrogens is 314 g/mol. The van der Waals surface area contributed by atoms with E-state index in [1.807, 2.05) is 0 Å². The number of nitro groups is 1. The summed E-state index contributed by atoms with van der Waals surface area (Å²) in [6, 6.07) is 1.05. The Morgan fingerprint density at radius 2 is 2.19 bits per heavy atom. The Morgan fingerprint density at radius 1 is 1.48 bits per heavy atom. The third-order valence-corrected chi connectivity index (χ3v) is 6.58. The molecular formula is C12H19N3O4S2. The van der Waals surface area contributed by atoms with Crippen molar-refractivity contribution in [2.45, 2.75) is 43.4 Å². The lowest BCUT2D eigenvalue weighted by Crippen LogP contribution is -2.32. The summed E-state index contributed by atoms with van der Waals surface area (Å²) in [6.07, 6.45) is 2.63. The second-order valence-electron chi connectivity index (χ2n) is 5.30. The number of nitrogens with zero attached hydrogens (tertiary/aromatic N) is 1. The van der Waals surface area contributed by atoms with Crippen LogP contribution in [0.15, 0.2) is 10.3 Å². The van der Waals surface area contributed by atoms with Crippen molar-refractivity contribution in [1.29, 1.82) is 0 Å². The highest BCUT2D eigenvalue weighted by Crippen LogP contribution is 2.37. The fraction of sp³-hybridized carbons (Fsp3) is 0.667. The fourth-order valence-electron chi connectivity index (χ4n) is 2.51. The molecule has 118 valence electrons. The highest BCUT2D eigenvalue weighted by molar-refractivity contribution is 7.91. The van der Waals surface area contributed by atoms with Crippen molar-refractivity contribution >= 4 is 32.0 Å². The molecule has 9 heteroatoms. The van der Waals surface area contributed by atoms with E-state index < -0.39 is 14.9 Å². The molecule has 1 aliphatic carbocycles. The molecule has 2 unspecified atom stereocenters. The van der Waals surface area contributed by atoms with Crippen LogP contribution >= 0.6 is 11.3 Å². The standard InChI is InChI=1S/C12H19N3O4S2/c1-3-13-12-10(15(16)17)7-11(20-12)21(18,19)14-9-5-4-8(2)6-9/h7-9,13-14H,3-6H2,1-2H3. The maximum absolute atomic E-state index is 12.3. The predicted molar refractivity (Wildman–Crippen MR) is 82.3 cm³/mol. The minimum atomic E-state index is -3.70. The maximum Gasteiger partial charge on any atom is 0.304 e. The summed E-state index contributed by atoms with van der Waals surface area (Å²) in [7, 11) is -3.70. The number of rotatable bonds is 6. The highest BCUT2D eigenvalue weighted by Gasteiger charge is 2.30. The Kier molecular flexibility index (Phi) is 4.84. The molecule has 1 fully saturated rings. The Balaban J connectivity index is 2.23. The van der Waals surface area contributed by atoms with E-state index in [4.69, 9.17) is 0 Å². The fourth-order valence-corrected chi connectivity index (χ4v) is 5.20. The Bertz CT molecular complexity index is 626. The molecule has 1 saturated carbocycles. The van der Waals surface area contributed by atoms with Gasteiger partial charge in [-0.1, -0.05) is 18.3 Å². The molecule has 1 aromatic heterocycles. The average Bonchev–Trinajstić information content (AvgIpc) is 2.96. The first kappa shape index (κ1) is 16.2.